The minimum atomic E-state index is -1.06. The van der Waals surface area contributed by atoms with Gasteiger partial charge in [0.2, 0.25) is 5.91 Å². The summed E-state index contributed by atoms with van der Waals surface area (Å²) in [6.45, 7) is 3.74. The van der Waals surface area contributed by atoms with E-state index < -0.39 is 17.5 Å². The van der Waals surface area contributed by atoms with Gasteiger partial charge in [0.1, 0.15) is 6.61 Å². The average Bonchev–Trinajstić information content (AvgIpc) is 3.18. The maximum absolute atomic E-state index is 12.7. The summed E-state index contributed by atoms with van der Waals surface area (Å²) in [5, 5.41) is 14.5. The van der Waals surface area contributed by atoms with E-state index in [9.17, 15) is 14.4 Å². The Balaban J connectivity index is 1.29. The van der Waals surface area contributed by atoms with Crippen molar-refractivity contribution in [2.75, 3.05) is 13.2 Å². The Bertz CT molecular complexity index is 1230. The van der Waals surface area contributed by atoms with Crippen LogP contribution in [0.1, 0.15) is 46.9 Å². The summed E-state index contributed by atoms with van der Waals surface area (Å²) < 4.78 is 5.53. The molecule has 1 aromatic heterocycles. The molecule has 0 aliphatic heterocycles. The molecular formula is C27H27N3O5. The molecule has 4 rings (SSSR count). The SMILES string of the molecule is CC(C)(CNC(=O)OCC1c2ccccc2-c2ccccc21)C(=O)NCc1cc(C(=O)O)ccn1. The molecular weight excluding hydrogens is 446 g/mol. The molecule has 1 aliphatic carbocycles. The molecule has 180 valence electrons. The van der Waals surface area contributed by atoms with Gasteiger partial charge in [0, 0.05) is 18.7 Å². The van der Waals surface area contributed by atoms with E-state index >= 15 is 0 Å². The van der Waals surface area contributed by atoms with Gasteiger partial charge in [-0.25, -0.2) is 9.59 Å². The zero-order valence-electron chi connectivity index (χ0n) is 19.6. The zero-order chi connectivity index (χ0) is 25.0. The van der Waals surface area contributed by atoms with E-state index in [0.717, 1.165) is 22.3 Å². The van der Waals surface area contributed by atoms with Crippen molar-refractivity contribution in [2.24, 2.45) is 5.41 Å². The first kappa shape index (κ1) is 23.9. The lowest BCUT2D eigenvalue weighted by molar-refractivity contribution is -0.129. The minimum absolute atomic E-state index is 0.0430. The lowest BCUT2D eigenvalue weighted by Gasteiger charge is -2.24. The molecule has 0 atom stereocenters. The Labute approximate surface area is 203 Å². The van der Waals surface area contributed by atoms with Gasteiger partial charge in [-0.1, -0.05) is 48.5 Å². The van der Waals surface area contributed by atoms with Gasteiger partial charge in [0.15, 0.2) is 0 Å². The molecule has 1 aliphatic rings. The number of hydrogen-bond donors (Lipinski definition) is 3. The van der Waals surface area contributed by atoms with Crippen LogP contribution in [0.4, 0.5) is 4.79 Å². The predicted octanol–water partition coefficient (Wildman–Crippen LogP) is 3.96. The summed E-state index contributed by atoms with van der Waals surface area (Å²) in [5.41, 5.74) is 4.16. The zero-order valence-corrected chi connectivity index (χ0v) is 19.6. The number of hydrogen-bond acceptors (Lipinski definition) is 5. The third kappa shape index (κ3) is 5.32. The number of benzene rings is 2. The molecule has 0 unspecified atom stereocenters. The van der Waals surface area contributed by atoms with E-state index in [0.29, 0.717) is 5.69 Å². The van der Waals surface area contributed by atoms with Crippen LogP contribution in [0.3, 0.4) is 0 Å². The molecule has 35 heavy (non-hydrogen) atoms. The summed E-state index contributed by atoms with van der Waals surface area (Å²) in [5.74, 6) is -1.41. The molecule has 0 bridgehead atoms. The monoisotopic (exact) mass is 473 g/mol. The summed E-state index contributed by atoms with van der Waals surface area (Å²) in [4.78, 5) is 40.3. The van der Waals surface area contributed by atoms with Gasteiger partial charge in [0.25, 0.3) is 0 Å². The van der Waals surface area contributed by atoms with E-state index in [1.165, 1.54) is 18.3 Å². The summed E-state index contributed by atoms with van der Waals surface area (Å²) in [6, 6.07) is 19.0. The molecule has 3 N–H and O–H groups in total. The second kappa shape index (κ2) is 9.97. The van der Waals surface area contributed by atoms with Crippen LogP contribution in [0, 0.1) is 5.41 Å². The van der Waals surface area contributed by atoms with Crippen molar-refractivity contribution in [2.45, 2.75) is 26.3 Å². The number of aromatic nitrogens is 1. The Morgan fingerprint density at radius 3 is 2.23 bits per heavy atom. The van der Waals surface area contributed by atoms with Crippen LogP contribution in [0.25, 0.3) is 11.1 Å². The average molecular weight is 474 g/mol. The largest absolute Gasteiger partial charge is 0.478 e. The van der Waals surface area contributed by atoms with Crippen molar-refractivity contribution in [1.82, 2.24) is 15.6 Å². The smallest absolute Gasteiger partial charge is 0.407 e. The molecule has 3 aromatic rings. The highest BCUT2D eigenvalue weighted by Gasteiger charge is 2.31. The Kier molecular flexibility index (Phi) is 6.82. The van der Waals surface area contributed by atoms with E-state index in [1.807, 2.05) is 24.3 Å². The number of carboxylic acid groups (broad SMARTS) is 1. The van der Waals surface area contributed by atoms with Crippen molar-refractivity contribution in [3.63, 3.8) is 0 Å². The van der Waals surface area contributed by atoms with Crippen LogP contribution in [0.2, 0.25) is 0 Å². The van der Waals surface area contributed by atoms with Gasteiger partial charge in [0.05, 0.1) is 23.2 Å². The van der Waals surface area contributed by atoms with Gasteiger partial charge in [-0.05, 0) is 48.2 Å². The second-order valence-electron chi connectivity index (χ2n) is 9.09. The van der Waals surface area contributed by atoms with Crippen molar-refractivity contribution in [3.05, 3.63) is 89.2 Å². The molecule has 1 heterocycles. The topological polar surface area (TPSA) is 118 Å². The van der Waals surface area contributed by atoms with Crippen molar-refractivity contribution < 1.29 is 24.2 Å². The van der Waals surface area contributed by atoms with Gasteiger partial charge in [-0.2, -0.15) is 0 Å². The summed E-state index contributed by atoms with van der Waals surface area (Å²) in [6.07, 6.45) is 0.790. The van der Waals surface area contributed by atoms with Crippen LogP contribution < -0.4 is 10.6 Å². The minimum Gasteiger partial charge on any atom is -0.478 e. The molecule has 8 nitrogen and oxygen atoms in total. The lowest BCUT2D eigenvalue weighted by atomic mass is 9.92. The van der Waals surface area contributed by atoms with Crippen LogP contribution in [0.15, 0.2) is 66.9 Å². The van der Waals surface area contributed by atoms with Crippen molar-refractivity contribution >= 4 is 18.0 Å². The highest BCUT2D eigenvalue weighted by atomic mass is 16.5. The Morgan fingerprint density at radius 1 is 0.971 bits per heavy atom. The van der Waals surface area contributed by atoms with Crippen molar-refractivity contribution in [1.29, 1.82) is 0 Å². The third-order valence-electron chi connectivity index (χ3n) is 6.13. The Hall–Kier alpha value is -4.20. The fourth-order valence-electron chi connectivity index (χ4n) is 4.14. The number of nitrogens with one attached hydrogen (secondary N) is 2. The number of ether oxygens (including phenoxy) is 1. The number of amides is 2. The van der Waals surface area contributed by atoms with E-state index in [1.54, 1.807) is 13.8 Å². The fourth-order valence-corrected chi connectivity index (χ4v) is 4.14. The standard InChI is InChI=1S/C27H27N3O5/c1-27(2,25(33)29-14-18-13-17(24(31)32)11-12-28-18)16-30-26(34)35-15-23-21-9-5-3-7-19(21)20-8-4-6-10-22(20)23/h3-13,23H,14-16H2,1-2H3,(H,29,33)(H,30,34)(H,31,32). The first-order chi connectivity index (χ1) is 16.8. The maximum atomic E-state index is 12.7. The van der Waals surface area contributed by atoms with Gasteiger partial charge in [-0.3, -0.25) is 9.78 Å². The van der Waals surface area contributed by atoms with Crippen LogP contribution in [-0.4, -0.2) is 41.2 Å². The van der Waals surface area contributed by atoms with E-state index in [-0.39, 0.29) is 37.1 Å². The number of carbonyl (C=O) groups excluding carboxylic acids is 2. The molecule has 8 heteroatoms. The summed E-state index contributed by atoms with van der Waals surface area (Å²) >= 11 is 0. The quantitative estimate of drug-likeness (QED) is 0.456. The number of nitrogens with zero attached hydrogens (tertiary/aromatic N) is 1. The van der Waals surface area contributed by atoms with Crippen LogP contribution in [0.5, 0.6) is 0 Å². The highest BCUT2D eigenvalue weighted by Crippen LogP contribution is 2.44. The van der Waals surface area contributed by atoms with Gasteiger partial charge >= 0.3 is 12.1 Å². The van der Waals surface area contributed by atoms with Gasteiger partial charge < -0.3 is 20.5 Å². The number of carbonyl (C=O) groups is 3. The van der Waals surface area contributed by atoms with E-state index in [2.05, 4.69) is 39.9 Å². The molecule has 0 fully saturated rings. The molecule has 0 saturated carbocycles. The highest BCUT2D eigenvalue weighted by molar-refractivity contribution is 5.87. The number of fused-ring (bicyclic) bond motifs is 3. The molecule has 0 saturated heterocycles. The summed E-state index contributed by atoms with van der Waals surface area (Å²) in [7, 11) is 0. The number of aromatic carboxylic acids is 1. The fraction of sp³-hybridized carbons (Fsp3) is 0.259. The molecule has 0 radical (unpaired) electrons. The van der Waals surface area contributed by atoms with E-state index in [4.69, 9.17) is 9.84 Å². The Morgan fingerprint density at radius 2 is 1.60 bits per heavy atom. The molecule has 2 amide bonds. The van der Waals surface area contributed by atoms with Gasteiger partial charge in [-0.15, -0.1) is 0 Å². The number of alkyl carbamates (subject to hydrolysis) is 1. The predicted molar refractivity (Wildman–Crippen MR) is 130 cm³/mol. The maximum Gasteiger partial charge on any atom is 0.407 e. The number of pyridine rings is 1. The molecule has 0 spiro atoms. The number of rotatable bonds is 8. The normalized spacial score (nSPS) is 12.4. The lowest BCUT2D eigenvalue weighted by Crippen LogP contribution is -2.45. The first-order valence-electron chi connectivity index (χ1n) is 11.3. The van der Waals surface area contributed by atoms with Crippen LogP contribution >= 0.6 is 0 Å². The van der Waals surface area contributed by atoms with Crippen molar-refractivity contribution in [3.8, 4) is 11.1 Å². The third-order valence-corrected chi connectivity index (χ3v) is 6.13. The first-order valence-corrected chi connectivity index (χ1v) is 11.3. The number of carboxylic acids is 1. The molecule has 2 aromatic carbocycles. The second-order valence-corrected chi connectivity index (χ2v) is 9.09. The van der Waals surface area contributed by atoms with Crippen LogP contribution in [-0.2, 0) is 16.1 Å².